The summed E-state index contributed by atoms with van der Waals surface area (Å²) < 4.78 is 0. The second-order valence-electron chi connectivity index (χ2n) is 2.13. The van der Waals surface area contributed by atoms with Gasteiger partial charge in [-0.05, 0) is 25.7 Å². The van der Waals surface area contributed by atoms with Gasteiger partial charge in [0.25, 0.3) is 0 Å². The van der Waals surface area contributed by atoms with Crippen LogP contribution in [-0.2, 0) is 0 Å². The molecule has 1 aliphatic carbocycles. The summed E-state index contributed by atoms with van der Waals surface area (Å²) in [7, 11) is 0. The molecule has 0 heterocycles. The van der Waals surface area contributed by atoms with Gasteiger partial charge in [-0.15, -0.1) is 0 Å². The molecule has 0 amide bonds. The molecule has 0 aromatic heterocycles. The van der Waals surface area contributed by atoms with Crippen molar-refractivity contribution in [3.63, 3.8) is 0 Å². The standard InChI is InChI=1S/C6H9Cl/c1-5(4-7)6-2-3-6/h4,6H,2-3H2,1H3. The van der Waals surface area contributed by atoms with Gasteiger partial charge in [0.05, 0.1) is 0 Å². The van der Waals surface area contributed by atoms with Crippen molar-refractivity contribution in [2.75, 3.05) is 0 Å². The van der Waals surface area contributed by atoms with E-state index in [-0.39, 0.29) is 0 Å². The SMILES string of the molecule is CC(=CCl)C1CC1. The lowest BCUT2D eigenvalue weighted by Gasteiger charge is -1.87. The van der Waals surface area contributed by atoms with Crippen LogP contribution in [0.5, 0.6) is 0 Å². The molecule has 0 aromatic rings. The zero-order chi connectivity index (χ0) is 5.28. The first-order valence-electron chi connectivity index (χ1n) is 2.61. The Kier molecular flexibility index (Phi) is 1.38. The molecule has 0 spiro atoms. The van der Waals surface area contributed by atoms with Crippen LogP contribution in [0.4, 0.5) is 0 Å². The molecule has 0 unspecified atom stereocenters. The Morgan fingerprint density at radius 3 is 2.43 bits per heavy atom. The van der Waals surface area contributed by atoms with E-state index < -0.39 is 0 Å². The van der Waals surface area contributed by atoms with Crippen LogP contribution in [-0.4, -0.2) is 0 Å². The molecular formula is C6H9Cl. The summed E-state index contributed by atoms with van der Waals surface area (Å²) in [6.45, 7) is 2.09. The topological polar surface area (TPSA) is 0 Å². The minimum Gasteiger partial charge on any atom is -0.0930 e. The van der Waals surface area contributed by atoms with E-state index in [1.165, 1.54) is 18.4 Å². The number of rotatable bonds is 1. The molecule has 0 bridgehead atoms. The predicted molar refractivity (Wildman–Crippen MR) is 32.3 cm³/mol. The van der Waals surface area contributed by atoms with Crippen LogP contribution in [0.1, 0.15) is 19.8 Å². The molecule has 7 heavy (non-hydrogen) atoms. The Hall–Kier alpha value is 0.0300. The Bertz CT molecular complexity index is 90.4. The lowest BCUT2D eigenvalue weighted by Crippen LogP contribution is -1.71. The van der Waals surface area contributed by atoms with Crippen molar-refractivity contribution in [1.82, 2.24) is 0 Å². The van der Waals surface area contributed by atoms with Crippen molar-refractivity contribution in [3.8, 4) is 0 Å². The molecule has 0 aromatic carbocycles. The van der Waals surface area contributed by atoms with Crippen LogP contribution in [0.2, 0.25) is 0 Å². The molecule has 0 N–H and O–H groups in total. The summed E-state index contributed by atoms with van der Waals surface area (Å²) in [5.74, 6) is 0.845. The smallest absolute Gasteiger partial charge is 0.00344 e. The average Bonchev–Trinajstić information content (AvgIpc) is 2.44. The summed E-state index contributed by atoms with van der Waals surface area (Å²) >= 11 is 5.42. The fraction of sp³-hybridized carbons (Fsp3) is 0.667. The molecule has 0 saturated heterocycles. The van der Waals surface area contributed by atoms with Crippen molar-refractivity contribution in [2.45, 2.75) is 19.8 Å². The second kappa shape index (κ2) is 1.87. The summed E-state index contributed by atoms with van der Waals surface area (Å²) in [6, 6.07) is 0. The quantitative estimate of drug-likeness (QED) is 0.494. The zero-order valence-electron chi connectivity index (χ0n) is 4.45. The molecule has 40 valence electrons. The zero-order valence-corrected chi connectivity index (χ0v) is 5.20. The largest absolute Gasteiger partial charge is 0.0930 e. The van der Waals surface area contributed by atoms with Gasteiger partial charge in [0.1, 0.15) is 0 Å². The fourth-order valence-electron chi connectivity index (χ4n) is 0.628. The molecule has 0 aliphatic heterocycles. The lowest BCUT2D eigenvalue weighted by atomic mass is 10.2. The normalized spacial score (nSPS) is 22.9. The number of allylic oxidation sites excluding steroid dienone is 1. The maximum Gasteiger partial charge on any atom is 0.00344 e. The molecule has 1 fully saturated rings. The molecule has 1 rings (SSSR count). The van der Waals surface area contributed by atoms with Gasteiger partial charge in [0, 0.05) is 5.54 Å². The number of hydrogen-bond donors (Lipinski definition) is 0. The highest BCUT2D eigenvalue weighted by Crippen LogP contribution is 2.36. The van der Waals surface area contributed by atoms with Crippen LogP contribution in [0.15, 0.2) is 11.1 Å². The minimum absolute atomic E-state index is 0.845. The summed E-state index contributed by atoms with van der Waals surface area (Å²) in [5.41, 5.74) is 3.04. The van der Waals surface area contributed by atoms with Crippen molar-refractivity contribution < 1.29 is 0 Å². The summed E-state index contributed by atoms with van der Waals surface area (Å²) in [6.07, 6.45) is 2.71. The predicted octanol–water partition coefficient (Wildman–Crippen LogP) is 2.54. The molecule has 1 saturated carbocycles. The third-order valence-corrected chi connectivity index (χ3v) is 1.74. The number of hydrogen-bond acceptors (Lipinski definition) is 0. The van der Waals surface area contributed by atoms with E-state index >= 15 is 0 Å². The van der Waals surface area contributed by atoms with Gasteiger partial charge in [-0.25, -0.2) is 0 Å². The molecule has 0 atom stereocenters. The Morgan fingerprint density at radius 1 is 1.71 bits per heavy atom. The fourth-order valence-corrected chi connectivity index (χ4v) is 0.806. The highest BCUT2D eigenvalue weighted by Gasteiger charge is 2.22. The van der Waals surface area contributed by atoms with Crippen LogP contribution >= 0.6 is 11.6 Å². The third-order valence-electron chi connectivity index (χ3n) is 1.39. The first-order valence-corrected chi connectivity index (χ1v) is 3.05. The van der Waals surface area contributed by atoms with Gasteiger partial charge in [-0.1, -0.05) is 17.2 Å². The lowest BCUT2D eigenvalue weighted by molar-refractivity contribution is 1.01. The van der Waals surface area contributed by atoms with E-state index in [1.54, 1.807) is 5.54 Å². The summed E-state index contributed by atoms with van der Waals surface area (Å²) in [5, 5.41) is 0. The van der Waals surface area contributed by atoms with E-state index in [0.29, 0.717) is 0 Å². The average molecular weight is 117 g/mol. The van der Waals surface area contributed by atoms with Crippen molar-refractivity contribution in [1.29, 1.82) is 0 Å². The first-order chi connectivity index (χ1) is 3.34. The summed E-state index contributed by atoms with van der Waals surface area (Å²) in [4.78, 5) is 0. The Labute approximate surface area is 49.2 Å². The Morgan fingerprint density at radius 2 is 2.29 bits per heavy atom. The van der Waals surface area contributed by atoms with E-state index in [0.717, 1.165) is 5.92 Å². The Balaban J connectivity index is 2.37. The van der Waals surface area contributed by atoms with Crippen LogP contribution in [0.3, 0.4) is 0 Å². The van der Waals surface area contributed by atoms with E-state index in [2.05, 4.69) is 6.92 Å². The highest BCUT2D eigenvalue weighted by atomic mass is 35.5. The van der Waals surface area contributed by atoms with Gasteiger partial charge in [0.15, 0.2) is 0 Å². The van der Waals surface area contributed by atoms with Crippen molar-refractivity contribution in [3.05, 3.63) is 11.1 Å². The highest BCUT2D eigenvalue weighted by molar-refractivity contribution is 6.25. The molecular weight excluding hydrogens is 108 g/mol. The maximum absolute atomic E-state index is 5.42. The van der Waals surface area contributed by atoms with Gasteiger partial charge < -0.3 is 0 Å². The third kappa shape index (κ3) is 1.20. The van der Waals surface area contributed by atoms with Gasteiger partial charge in [0.2, 0.25) is 0 Å². The van der Waals surface area contributed by atoms with E-state index in [4.69, 9.17) is 11.6 Å². The first kappa shape index (κ1) is 5.17. The van der Waals surface area contributed by atoms with Crippen LogP contribution in [0.25, 0.3) is 0 Å². The van der Waals surface area contributed by atoms with Gasteiger partial charge in [-0.2, -0.15) is 0 Å². The van der Waals surface area contributed by atoms with Crippen LogP contribution < -0.4 is 0 Å². The maximum atomic E-state index is 5.42. The van der Waals surface area contributed by atoms with E-state index in [9.17, 15) is 0 Å². The minimum atomic E-state index is 0.845. The molecule has 1 heteroatoms. The van der Waals surface area contributed by atoms with E-state index in [1.807, 2.05) is 0 Å². The number of halogens is 1. The molecule has 0 radical (unpaired) electrons. The second-order valence-corrected chi connectivity index (χ2v) is 2.35. The van der Waals surface area contributed by atoms with Crippen molar-refractivity contribution >= 4 is 11.6 Å². The monoisotopic (exact) mass is 116 g/mol. The van der Waals surface area contributed by atoms with Crippen LogP contribution in [0, 0.1) is 5.92 Å². The molecule has 0 nitrogen and oxygen atoms in total. The van der Waals surface area contributed by atoms with Crippen molar-refractivity contribution in [2.24, 2.45) is 5.92 Å². The van der Waals surface area contributed by atoms with Gasteiger partial charge >= 0.3 is 0 Å². The molecule has 1 aliphatic rings. The van der Waals surface area contributed by atoms with Gasteiger partial charge in [-0.3, -0.25) is 0 Å².